The van der Waals surface area contributed by atoms with Gasteiger partial charge in [-0.1, -0.05) is 13.3 Å². The average Bonchev–Trinajstić information content (AvgIpc) is 2.04. The molecule has 0 aliphatic heterocycles. The first-order valence-corrected chi connectivity index (χ1v) is 4.59. The fraction of sp³-hybridized carbons (Fsp3) is 0.889. The molecule has 3 nitrogen and oxygen atoms in total. The number of nitrogens with two attached hydrogens (primary N) is 1. The Kier molecular flexibility index (Phi) is 5.72. The molecule has 0 aromatic heterocycles. The van der Waals surface area contributed by atoms with Crippen molar-refractivity contribution in [2.45, 2.75) is 39.2 Å². The minimum Gasteiger partial charge on any atom is -0.343 e. The van der Waals surface area contributed by atoms with Gasteiger partial charge in [0.05, 0.1) is 0 Å². The normalized spacial score (nSPS) is 12.7. The highest BCUT2D eigenvalue weighted by Crippen LogP contribution is 2.04. The monoisotopic (exact) mass is 172 g/mol. The molecule has 72 valence electrons. The Bertz CT molecular complexity index is 136. The lowest BCUT2D eigenvalue weighted by molar-refractivity contribution is -0.131. The maximum atomic E-state index is 11.3. The molecule has 12 heavy (non-hydrogen) atoms. The van der Waals surface area contributed by atoms with Gasteiger partial charge in [0.15, 0.2) is 0 Å². The third-order valence-electron chi connectivity index (χ3n) is 2.12. The Morgan fingerprint density at radius 2 is 2.17 bits per heavy atom. The molecule has 2 N–H and O–H groups in total. The number of carbonyl (C=O) groups excluding carboxylic acids is 1. The molecular formula is C9H20N2O. The second-order valence-corrected chi connectivity index (χ2v) is 3.18. The van der Waals surface area contributed by atoms with Crippen LogP contribution in [0.5, 0.6) is 0 Å². The number of hydrogen-bond acceptors (Lipinski definition) is 2. The predicted molar refractivity (Wildman–Crippen MR) is 50.8 cm³/mol. The van der Waals surface area contributed by atoms with E-state index >= 15 is 0 Å². The highest BCUT2D eigenvalue weighted by atomic mass is 16.2. The molecule has 1 unspecified atom stereocenters. The lowest BCUT2D eigenvalue weighted by Crippen LogP contribution is -2.35. The first-order chi connectivity index (χ1) is 5.63. The van der Waals surface area contributed by atoms with E-state index in [2.05, 4.69) is 13.8 Å². The number of amides is 1. The van der Waals surface area contributed by atoms with E-state index in [1.54, 1.807) is 4.90 Å². The van der Waals surface area contributed by atoms with Gasteiger partial charge < -0.3 is 10.6 Å². The van der Waals surface area contributed by atoms with Crippen molar-refractivity contribution < 1.29 is 4.79 Å². The summed E-state index contributed by atoms with van der Waals surface area (Å²) in [7, 11) is 1.85. The average molecular weight is 172 g/mol. The summed E-state index contributed by atoms with van der Waals surface area (Å²) in [6, 6.07) is 0.342. The van der Waals surface area contributed by atoms with Gasteiger partial charge in [-0.15, -0.1) is 0 Å². The van der Waals surface area contributed by atoms with Crippen LogP contribution >= 0.6 is 0 Å². The summed E-state index contributed by atoms with van der Waals surface area (Å²) in [5.41, 5.74) is 5.29. The van der Waals surface area contributed by atoms with E-state index in [1.165, 1.54) is 0 Å². The zero-order valence-electron chi connectivity index (χ0n) is 8.34. The van der Waals surface area contributed by atoms with E-state index in [4.69, 9.17) is 5.73 Å². The molecule has 1 amide bonds. The molecule has 0 rings (SSSR count). The minimum atomic E-state index is 0.151. The third kappa shape index (κ3) is 3.72. The summed E-state index contributed by atoms with van der Waals surface area (Å²) in [4.78, 5) is 13.1. The Morgan fingerprint density at radius 3 is 2.58 bits per heavy atom. The Balaban J connectivity index is 3.82. The molecule has 0 saturated carbocycles. The molecule has 0 aliphatic rings. The maximum Gasteiger partial charge on any atom is 0.223 e. The van der Waals surface area contributed by atoms with E-state index in [1.807, 2.05) is 7.05 Å². The molecule has 0 spiro atoms. The van der Waals surface area contributed by atoms with Crippen molar-refractivity contribution in [1.29, 1.82) is 0 Å². The summed E-state index contributed by atoms with van der Waals surface area (Å²) in [6.45, 7) is 4.64. The van der Waals surface area contributed by atoms with Crippen LogP contribution in [0.15, 0.2) is 0 Å². The molecular weight excluding hydrogens is 152 g/mol. The number of nitrogens with zero attached hydrogens (tertiary/aromatic N) is 1. The van der Waals surface area contributed by atoms with Gasteiger partial charge in [0, 0.05) is 26.1 Å². The molecule has 0 aromatic rings. The van der Waals surface area contributed by atoms with Gasteiger partial charge in [0.2, 0.25) is 5.91 Å². The number of hydrogen-bond donors (Lipinski definition) is 1. The van der Waals surface area contributed by atoms with Crippen molar-refractivity contribution in [3.63, 3.8) is 0 Å². The summed E-state index contributed by atoms with van der Waals surface area (Å²) < 4.78 is 0. The van der Waals surface area contributed by atoms with Gasteiger partial charge in [0.25, 0.3) is 0 Å². The molecule has 0 bridgehead atoms. The van der Waals surface area contributed by atoms with Crippen LogP contribution in [0, 0.1) is 0 Å². The molecule has 3 heteroatoms. The summed E-state index contributed by atoms with van der Waals surface area (Å²) in [5.74, 6) is 0.151. The zero-order valence-corrected chi connectivity index (χ0v) is 8.34. The lowest BCUT2D eigenvalue weighted by atomic mass is 10.1. The van der Waals surface area contributed by atoms with E-state index < -0.39 is 0 Å². The molecule has 1 atom stereocenters. The van der Waals surface area contributed by atoms with Gasteiger partial charge in [-0.2, -0.15) is 0 Å². The van der Waals surface area contributed by atoms with Crippen molar-refractivity contribution in [3.05, 3.63) is 0 Å². The molecule has 0 fully saturated rings. The first-order valence-electron chi connectivity index (χ1n) is 4.59. The molecule has 0 radical (unpaired) electrons. The SMILES string of the molecule is CCCC(C)N(C)C(=O)CCN. The largest absolute Gasteiger partial charge is 0.343 e. The molecule has 0 aliphatic carbocycles. The summed E-state index contributed by atoms with van der Waals surface area (Å²) >= 11 is 0. The molecule has 0 aromatic carbocycles. The van der Waals surface area contributed by atoms with Crippen molar-refractivity contribution in [1.82, 2.24) is 4.90 Å². The van der Waals surface area contributed by atoms with Crippen LogP contribution in [0.3, 0.4) is 0 Å². The Hall–Kier alpha value is -0.570. The van der Waals surface area contributed by atoms with Gasteiger partial charge in [0.1, 0.15) is 0 Å². The van der Waals surface area contributed by atoms with E-state index in [0.29, 0.717) is 19.0 Å². The van der Waals surface area contributed by atoms with Crippen LogP contribution in [0.2, 0.25) is 0 Å². The van der Waals surface area contributed by atoms with Gasteiger partial charge >= 0.3 is 0 Å². The van der Waals surface area contributed by atoms with Crippen molar-refractivity contribution in [2.75, 3.05) is 13.6 Å². The van der Waals surface area contributed by atoms with Gasteiger partial charge in [-0.25, -0.2) is 0 Å². The lowest BCUT2D eigenvalue weighted by Gasteiger charge is -2.24. The van der Waals surface area contributed by atoms with E-state index in [-0.39, 0.29) is 5.91 Å². The van der Waals surface area contributed by atoms with E-state index in [0.717, 1.165) is 12.8 Å². The van der Waals surface area contributed by atoms with Crippen LogP contribution in [0.4, 0.5) is 0 Å². The molecule has 0 heterocycles. The minimum absolute atomic E-state index is 0.151. The van der Waals surface area contributed by atoms with E-state index in [9.17, 15) is 4.79 Å². The van der Waals surface area contributed by atoms with Crippen LogP contribution in [-0.4, -0.2) is 30.4 Å². The van der Waals surface area contributed by atoms with Crippen LogP contribution < -0.4 is 5.73 Å². The standard InChI is InChI=1S/C9H20N2O/c1-4-5-8(2)11(3)9(12)6-7-10/h8H,4-7,10H2,1-3H3. The van der Waals surface area contributed by atoms with Crippen molar-refractivity contribution >= 4 is 5.91 Å². The van der Waals surface area contributed by atoms with Gasteiger partial charge in [-0.3, -0.25) is 4.79 Å². The highest BCUT2D eigenvalue weighted by Gasteiger charge is 2.13. The number of rotatable bonds is 5. The quantitative estimate of drug-likeness (QED) is 0.672. The topological polar surface area (TPSA) is 46.3 Å². The third-order valence-corrected chi connectivity index (χ3v) is 2.12. The van der Waals surface area contributed by atoms with Crippen molar-refractivity contribution in [2.24, 2.45) is 5.73 Å². The second kappa shape index (κ2) is 6.00. The van der Waals surface area contributed by atoms with Crippen LogP contribution in [0.1, 0.15) is 33.1 Å². The first kappa shape index (κ1) is 11.4. The number of carbonyl (C=O) groups is 1. The zero-order chi connectivity index (χ0) is 9.56. The molecule has 0 saturated heterocycles. The predicted octanol–water partition coefficient (Wildman–Crippen LogP) is 0.982. The summed E-state index contributed by atoms with van der Waals surface area (Å²) in [5, 5.41) is 0. The van der Waals surface area contributed by atoms with Crippen LogP contribution in [0.25, 0.3) is 0 Å². The fourth-order valence-electron chi connectivity index (χ4n) is 1.16. The summed E-state index contributed by atoms with van der Waals surface area (Å²) in [6.07, 6.45) is 2.64. The van der Waals surface area contributed by atoms with Gasteiger partial charge in [-0.05, 0) is 13.3 Å². The smallest absolute Gasteiger partial charge is 0.223 e. The Morgan fingerprint density at radius 1 is 1.58 bits per heavy atom. The van der Waals surface area contributed by atoms with Crippen LogP contribution in [-0.2, 0) is 4.79 Å². The fourth-order valence-corrected chi connectivity index (χ4v) is 1.16. The maximum absolute atomic E-state index is 11.3. The van der Waals surface area contributed by atoms with Crippen molar-refractivity contribution in [3.8, 4) is 0 Å². The second-order valence-electron chi connectivity index (χ2n) is 3.18. The Labute approximate surface area is 74.9 Å². The highest BCUT2D eigenvalue weighted by molar-refractivity contribution is 5.76.